The van der Waals surface area contributed by atoms with Crippen molar-refractivity contribution in [2.45, 2.75) is 6.04 Å². The number of rotatable bonds is 0. The van der Waals surface area contributed by atoms with Gasteiger partial charge in [0.1, 0.15) is 6.04 Å². The van der Waals surface area contributed by atoms with Crippen LogP contribution in [0, 0.1) is 0 Å². The Kier molecular flexibility index (Phi) is 2.23. The van der Waals surface area contributed by atoms with Gasteiger partial charge in [-0.15, -0.1) is 0 Å². The van der Waals surface area contributed by atoms with Crippen molar-refractivity contribution in [3.05, 3.63) is 44.7 Å². The van der Waals surface area contributed by atoms with Crippen LogP contribution in [0.1, 0.15) is 11.1 Å². The molecule has 1 heterocycles. The van der Waals surface area contributed by atoms with Gasteiger partial charge in [0, 0.05) is 15.5 Å². The summed E-state index contributed by atoms with van der Waals surface area (Å²) < 4.78 is 0. The molecule has 0 amide bonds. The van der Waals surface area contributed by atoms with Gasteiger partial charge in [-0.05, 0) is 33.9 Å². The zero-order chi connectivity index (χ0) is 14.8. The van der Waals surface area contributed by atoms with Crippen LogP contribution in [0.3, 0.4) is 0 Å². The number of thioether (sulfide) groups is 1. The summed E-state index contributed by atoms with van der Waals surface area (Å²) in [7, 11) is 0. The normalized spacial score (nSPS) is 20.2. The molecule has 3 aliphatic rings. The van der Waals surface area contributed by atoms with E-state index in [0.29, 0.717) is 10.6 Å². The third-order valence-corrected chi connectivity index (χ3v) is 5.29. The van der Waals surface area contributed by atoms with E-state index in [1.54, 1.807) is 11.8 Å². The molecular formula is C18H11NO2S. The number of aliphatic imine (C=N–C) groups is 1. The van der Waals surface area contributed by atoms with Crippen molar-refractivity contribution in [3.63, 3.8) is 0 Å². The Balaban J connectivity index is 2.01. The summed E-state index contributed by atoms with van der Waals surface area (Å²) in [5.41, 5.74) is 3.74. The molecule has 0 saturated heterocycles. The van der Waals surface area contributed by atoms with Crippen LogP contribution in [0.2, 0.25) is 0 Å². The summed E-state index contributed by atoms with van der Waals surface area (Å²) in [4.78, 5) is 5.52. The average Bonchev–Trinajstić information content (AvgIpc) is 3.18. The van der Waals surface area contributed by atoms with Gasteiger partial charge in [-0.25, -0.2) is 0 Å². The molecule has 0 fully saturated rings. The summed E-state index contributed by atoms with van der Waals surface area (Å²) in [6.45, 7) is 0. The smallest absolute Gasteiger partial charge is 0.166 e. The molecule has 4 heteroatoms. The molecule has 22 heavy (non-hydrogen) atoms. The molecule has 0 spiro atoms. The fraction of sp³-hybridized carbons (Fsp3) is 0.0556. The number of phenolic OH excluding ortho intramolecular Hbond substituents is 2. The molecule has 1 atom stereocenters. The molecule has 2 N–H and O–H groups in total. The van der Waals surface area contributed by atoms with E-state index in [2.05, 4.69) is 17.1 Å². The lowest BCUT2D eigenvalue weighted by atomic mass is 9.92. The predicted octanol–water partition coefficient (Wildman–Crippen LogP) is 2.34. The monoisotopic (exact) mass is 305 g/mol. The predicted molar refractivity (Wildman–Crippen MR) is 92.3 cm³/mol. The van der Waals surface area contributed by atoms with Crippen molar-refractivity contribution in [1.82, 2.24) is 0 Å². The third kappa shape index (κ3) is 1.40. The van der Waals surface area contributed by atoms with Crippen LogP contribution < -0.4 is 10.4 Å². The second kappa shape index (κ2) is 4.05. The van der Waals surface area contributed by atoms with Gasteiger partial charge in [0.2, 0.25) is 0 Å². The second-order valence-corrected chi connectivity index (χ2v) is 6.49. The molecule has 0 saturated carbocycles. The van der Waals surface area contributed by atoms with E-state index >= 15 is 0 Å². The van der Waals surface area contributed by atoms with Crippen LogP contribution >= 0.6 is 11.8 Å². The maximum Gasteiger partial charge on any atom is 0.166 e. The number of phenols is 2. The fourth-order valence-electron chi connectivity index (χ4n) is 3.38. The number of aromatic hydroxyl groups is 2. The first kappa shape index (κ1) is 12.1. The Labute approximate surface area is 130 Å². The number of nitrogens with zero attached hydrogens (tertiary/aromatic N) is 1. The average molecular weight is 305 g/mol. The minimum absolute atomic E-state index is 0.0390. The van der Waals surface area contributed by atoms with Gasteiger partial charge < -0.3 is 10.2 Å². The largest absolute Gasteiger partial charge is 0.504 e. The van der Waals surface area contributed by atoms with E-state index in [0.717, 1.165) is 26.6 Å². The molecule has 5 rings (SSSR count). The van der Waals surface area contributed by atoms with Crippen molar-refractivity contribution in [1.29, 1.82) is 0 Å². The summed E-state index contributed by atoms with van der Waals surface area (Å²) in [6, 6.07) is 4.03. The van der Waals surface area contributed by atoms with Crippen molar-refractivity contribution < 1.29 is 10.2 Å². The highest BCUT2D eigenvalue weighted by Gasteiger charge is 2.24. The van der Waals surface area contributed by atoms with Crippen LogP contribution in [-0.4, -0.2) is 21.8 Å². The Morgan fingerprint density at radius 2 is 2.00 bits per heavy atom. The number of hydrogen-bond donors (Lipinski definition) is 2. The molecule has 1 aliphatic heterocycles. The minimum atomic E-state index is -0.0569. The quantitative estimate of drug-likeness (QED) is 0.735. The molecule has 2 aliphatic carbocycles. The molecule has 2 aromatic rings. The van der Waals surface area contributed by atoms with Crippen LogP contribution in [-0.2, 0) is 0 Å². The maximum atomic E-state index is 10.5. The molecular weight excluding hydrogens is 294 g/mol. The zero-order valence-electron chi connectivity index (χ0n) is 11.4. The Bertz CT molecular complexity index is 1080. The first-order valence-corrected chi connectivity index (χ1v) is 7.93. The number of fused-ring (bicyclic) bond motifs is 6. The SMILES string of the molecule is Oc1c(O)c2c3c(ccc2c2c1=CC1N=CSC1=C2)=CC=C3. The van der Waals surface area contributed by atoms with Crippen molar-refractivity contribution in [2.24, 2.45) is 4.99 Å². The van der Waals surface area contributed by atoms with Gasteiger partial charge >= 0.3 is 0 Å². The van der Waals surface area contributed by atoms with Gasteiger partial charge in [0.15, 0.2) is 11.5 Å². The maximum absolute atomic E-state index is 10.5. The summed E-state index contributed by atoms with van der Waals surface area (Å²) in [5.74, 6) is -0.105. The molecule has 0 bridgehead atoms. The molecule has 0 radical (unpaired) electrons. The zero-order valence-corrected chi connectivity index (χ0v) is 12.3. The molecule has 106 valence electrons. The fourth-order valence-corrected chi connectivity index (χ4v) is 4.14. The van der Waals surface area contributed by atoms with Crippen molar-refractivity contribution >= 4 is 52.4 Å². The van der Waals surface area contributed by atoms with Crippen molar-refractivity contribution in [2.75, 3.05) is 0 Å². The van der Waals surface area contributed by atoms with E-state index in [1.165, 1.54) is 0 Å². The van der Waals surface area contributed by atoms with Crippen molar-refractivity contribution in [3.8, 4) is 11.5 Å². The summed E-state index contributed by atoms with van der Waals surface area (Å²) in [5, 5.41) is 24.4. The third-order valence-electron chi connectivity index (χ3n) is 4.43. The highest BCUT2D eigenvalue weighted by molar-refractivity contribution is 8.15. The Hall–Kier alpha value is -2.46. The number of allylic oxidation sites excluding steroid dienone is 1. The van der Waals surface area contributed by atoms with E-state index in [9.17, 15) is 10.2 Å². The lowest BCUT2D eigenvalue weighted by Gasteiger charge is -2.17. The van der Waals surface area contributed by atoms with Gasteiger partial charge in [-0.1, -0.05) is 42.1 Å². The number of hydrogen-bond acceptors (Lipinski definition) is 4. The van der Waals surface area contributed by atoms with E-state index < -0.39 is 0 Å². The highest BCUT2D eigenvalue weighted by atomic mass is 32.2. The highest BCUT2D eigenvalue weighted by Crippen LogP contribution is 2.39. The van der Waals surface area contributed by atoms with Crippen LogP contribution in [0.4, 0.5) is 0 Å². The molecule has 3 nitrogen and oxygen atoms in total. The molecule has 1 unspecified atom stereocenters. The minimum Gasteiger partial charge on any atom is -0.504 e. The topological polar surface area (TPSA) is 52.8 Å². The van der Waals surface area contributed by atoms with Gasteiger partial charge in [-0.2, -0.15) is 0 Å². The van der Waals surface area contributed by atoms with E-state index in [-0.39, 0.29) is 17.5 Å². The Morgan fingerprint density at radius 1 is 1.09 bits per heavy atom. The molecule has 0 aromatic heterocycles. The lowest BCUT2D eigenvalue weighted by Crippen LogP contribution is -2.17. The van der Waals surface area contributed by atoms with Gasteiger partial charge in [0.25, 0.3) is 0 Å². The number of benzene rings is 2. The van der Waals surface area contributed by atoms with E-state index in [4.69, 9.17) is 0 Å². The molecule has 2 aromatic carbocycles. The van der Waals surface area contributed by atoms with Gasteiger partial charge in [-0.3, -0.25) is 4.99 Å². The van der Waals surface area contributed by atoms with Gasteiger partial charge in [0.05, 0.1) is 5.55 Å². The summed E-state index contributed by atoms with van der Waals surface area (Å²) >= 11 is 1.61. The van der Waals surface area contributed by atoms with Crippen LogP contribution in [0.15, 0.2) is 28.1 Å². The second-order valence-electron chi connectivity index (χ2n) is 5.57. The summed E-state index contributed by atoms with van der Waals surface area (Å²) in [6.07, 6.45) is 9.94. The lowest BCUT2D eigenvalue weighted by molar-refractivity contribution is 0.405. The standard InChI is InChI=1S/C18H11NO2S/c20-17-13-6-14-15(22-8-19-14)7-12(13)11-5-4-9-2-1-3-10(9)16(11)18(17)21/h1-8,14,20-21H. The Morgan fingerprint density at radius 3 is 2.91 bits per heavy atom. The van der Waals surface area contributed by atoms with Crippen LogP contribution in [0.25, 0.3) is 35.1 Å². The van der Waals surface area contributed by atoms with Crippen LogP contribution in [0.5, 0.6) is 11.5 Å². The first-order valence-electron chi connectivity index (χ1n) is 7.05. The van der Waals surface area contributed by atoms with E-state index in [1.807, 2.05) is 35.9 Å². The first-order chi connectivity index (χ1) is 10.7.